The van der Waals surface area contributed by atoms with Crippen LogP contribution in [0.4, 0.5) is 5.69 Å². The predicted octanol–water partition coefficient (Wildman–Crippen LogP) is 2.21. The standard InChI is InChI=1S/C24H23N2O.HI/c1-25(2)20-15-12-18(13-16-20)8-4-7-11-23-26(3)22-17-14-19-9-5-6-10-21(19)24(22)27-23;/h4-17H,1-3H3;1H/q+1;/p-1. The molecule has 0 atom stereocenters. The molecule has 4 rings (SSSR count). The lowest BCUT2D eigenvalue weighted by Crippen LogP contribution is -3.00. The quantitative estimate of drug-likeness (QED) is 0.253. The molecule has 0 fully saturated rings. The first-order valence-corrected chi connectivity index (χ1v) is 9.06. The van der Waals surface area contributed by atoms with Crippen molar-refractivity contribution in [1.82, 2.24) is 0 Å². The minimum Gasteiger partial charge on any atom is -1.00 e. The van der Waals surface area contributed by atoms with E-state index in [1.54, 1.807) is 0 Å². The average molecular weight is 482 g/mol. The molecule has 1 heterocycles. The maximum absolute atomic E-state index is 6.14. The molecule has 0 N–H and O–H groups in total. The van der Waals surface area contributed by atoms with Gasteiger partial charge in [-0.1, -0.05) is 54.6 Å². The first-order chi connectivity index (χ1) is 13.1. The Morgan fingerprint density at radius 3 is 2.32 bits per heavy atom. The van der Waals surface area contributed by atoms with Crippen LogP contribution in [0.2, 0.25) is 0 Å². The molecule has 0 radical (unpaired) electrons. The number of anilines is 1. The SMILES string of the molecule is CN(C)c1ccc(C=CC=Cc2oc3c4ccccc4ccc3[n+]2C)cc1.[I-]. The molecular formula is C24H23IN2O. The molecule has 3 aromatic carbocycles. The minimum absolute atomic E-state index is 0. The lowest BCUT2D eigenvalue weighted by molar-refractivity contribution is -0.652. The highest BCUT2D eigenvalue weighted by molar-refractivity contribution is 6.01. The number of aromatic nitrogens is 1. The Bertz CT molecular complexity index is 1150. The second kappa shape index (κ2) is 8.61. The van der Waals surface area contributed by atoms with Crippen LogP contribution in [0.3, 0.4) is 0 Å². The van der Waals surface area contributed by atoms with E-state index < -0.39 is 0 Å². The zero-order valence-electron chi connectivity index (χ0n) is 16.3. The molecule has 1 aromatic heterocycles. The van der Waals surface area contributed by atoms with Crippen molar-refractivity contribution in [2.24, 2.45) is 7.05 Å². The number of fused-ring (bicyclic) bond motifs is 3. The van der Waals surface area contributed by atoms with Gasteiger partial charge in [0.15, 0.2) is 0 Å². The summed E-state index contributed by atoms with van der Waals surface area (Å²) in [6.45, 7) is 0. The van der Waals surface area contributed by atoms with Gasteiger partial charge in [-0.05, 0) is 29.1 Å². The first kappa shape index (κ1) is 20.1. The van der Waals surface area contributed by atoms with Crippen molar-refractivity contribution in [1.29, 1.82) is 0 Å². The summed E-state index contributed by atoms with van der Waals surface area (Å²) >= 11 is 0. The summed E-state index contributed by atoms with van der Waals surface area (Å²) in [7, 11) is 6.12. The van der Waals surface area contributed by atoms with E-state index in [0.29, 0.717) is 0 Å². The van der Waals surface area contributed by atoms with Crippen LogP contribution >= 0.6 is 0 Å². The Morgan fingerprint density at radius 2 is 1.57 bits per heavy atom. The number of rotatable bonds is 4. The predicted molar refractivity (Wildman–Crippen MR) is 114 cm³/mol. The van der Waals surface area contributed by atoms with E-state index >= 15 is 0 Å². The van der Waals surface area contributed by atoms with Crippen molar-refractivity contribution in [2.45, 2.75) is 0 Å². The monoisotopic (exact) mass is 482 g/mol. The molecule has 0 aliphatic rings. The summed E-state index contributed by atoms with van der Waals surface area (Å²) in [5.74, 6) is 0.828. The van der Waals surface area contributed by atoms with Gasteiger partial charge in [-0.15, -0.1) is 0 Å². The van der Waals surface area contributed by atoms with Crippen LogP contribution in [0.5, 0.6) is 0 Å². The fourth-order valence-electron chi connectivity index (χ4n) is 3.23. The van der Waals surface area contributed by atoms with Crippen molar-refractivity contribution < 1.29 is 33.0 Å². The number of aryl methyl sites for hydroxylation is 1. The Balaban J connectivity index is 0.00000225. The van der Waals surface area contributed by atoms with Crippen molar-refractivity contribution in [2.75, 3.05) is 19.0 Å². The van der Waals surface area contributed by atoms with Crippen LogP contribution in [0.25, 0.3) is 34.0 Å². The van der Waals surface area contributed by atoms with E-state index in [-0.39, 0.29) is 24.0 Å². The summed E-state index contributed by atoms with van der Waals surface area (Å²) in [6, 6.07) is 21.0. The van der Waals surface area contributed by atoms with E-state index in [1.165, 1.54) is 16.6 Å². The van der Waals surface area contributed by atoms with Gasteiger partial charge in [0.05, 0.1) is 6.08 Å². The molecule has 0 bridgehead atoms. The summed E-state index contributed by atoms with van der Waals surface area (Å²) in [6.07, 6.45) is 8.14. The Morgan fingerprint density at radius 1 is 0.857 bits per heavy atom. The Kier molecular flexibility index (Phi) is 6.19. The molecule has 0 saturated heterocycles. The molecule has 28 heavy (non-hydrogen) atoms. The Labute approximate surface area is 182 Å². The van der Waals surface area contributed by atoms with Crippen LogP contribution in [-0.2, 0) is 7.05 Å². The molecule has 4 aromatic rings. The van der Waals surface area contributed by atoms with Gasteiger partial charge in [-0.3, -0.25) is 0 Å². The highest BCUT2D eigenvalue weighted by Crippen LogP contribution is 2.25. The Hall–Kier alpha value is -2.60. The number of benzene rings is 3. The molecule has 0 amide bonds. The number of halogens is 1. The van der Waals surface area contributed by atoms with Crippen molar-refractivity contribution in [3.8, 4) is 0 Å². The zero-order valence-corrected chi connectivity index (χ0v) is 18.4. The van der Waals surface area contributed by atoms with Crippen LogP contribution in [0, 0.1) is 0 Å². The topological polar surface area (TPSA) is 20.3 Å². The van der Waals surface area contributed by atoms with Gasteiger partial charge in [-0.25, -0.2) is 0 Å². The molecule has 0 unspecified atom stereocenters. The maximum Gasteiger partial charge on any atom is 0.373 e. The lowest BCUT2D eigenvalue weighted by Gasteiger charge is -2.11. The number of nitrogens with zero attached hydrogens (tertiary/aromatic N) is 2. The number of allylic oxidation sites excluding steroid dienone is 2. The second-order valence-corrected chi connectivity index (χ2v) is 6.84. The first-order valence-electron chi connectivity index (χ1n) is 9.06. The van der Waals surface area contributed by atoms with E-state index in [0.717, 1.165) is 22.4 Å². The molecule has 0 aliphatic heterocycles. The zero-order chi connectivity index (χ0) is 18.8. The van der Waals surface area contributed by atoms with Crippen molar-refractivity contribution in [3.63, 3.8) is 0 Å². The molecular weight excluding hydrogens is 459 g/mol. The maximum atomic E-state index is 6.14. The molecule has 0 aliphatic carbocycles. The van der Waals surface area contributed by atoms with Gasteiger partial charge in [0, 0.05) is 31.2 Å². The molecule has 0 saturated carbocycles. The van der Waals surface area contributed by atoms with Gasteiger partial charge in [0.1, 0.15) is 7.05 Å². The molecule has 0 spiro atoms. The van der Waals surface area contributed by atoms with E-state index in [9.17, 15) is 0 Å². The van der Waals surface area contributed by atoms with Gasteiger partial charge in [0.2, 0.25) is 5.58 Å². The largest absolute Gasteiger partial charge is 1.00 e. The summed E-state index contributed by atoms with van der Waals surface area (Å²) in [5, 5.41) is 2.33. The van der Waals surface area contributed by atoms with Gasteiger partial charge < -0.3 is 33.3 Å². The van der Waals surface area contributed by atoms with Gasteiger partial charge >= 0.3 is 5.89 Å². The lowest BCUT2D eigenvalue weighted by atomic mass is 10.1. The average Bonchev–Trinajstić information content (AvgIpc) is 3.02. The third kappa shape index (κ3) is 3.97. The normalized spacial score (nSPS) is 11.5. The second-order valence-electron chi connectivity index (χ2n) is 6.84. The number of hydrogen-bond acceptors (Lipinski definition) is 2. The van der Waals surface area contributed by atoms with E-state index in [2.05, 4.69) is 64.1 Å². The third-order valence-corrected chi connectivity index (χ3v) is 4.81. The number of hydrogen-bond donors (Lipinski definition) is 0. The summed E-state index contributed by atoms with van der Waals surface area (Å²) in [5.41, 5.74) is 4.39. The highest BCUT2D eigenvalue weighted by atomic mass is 127. The molecule has 3 nitrogen and oxygen atoms in total. The fraction of sp³-hybridized carbons (Fsp3) is 0.125. The smallest absolute Gasteiger partial charge is 0.373 e. The molecule has 142 valence electrons. The van der Waals surface area contributed by atoms with Crippen molar-refractivity contribution >= 4 is 39.7 Å². The van der Waals surface area contributed by atoms with Gasteiger partial charge in [-0.2, -0.15) is 4.57 Å². The van der Waals surface area contributed by atoms with E-state index in [4.69, 9.17) is 4.42 Å². The van der Waals surface area contributed by atoms with E-state index in [1.807, 2.05) is 51.5 Å². The highest BCUT2D eigenvalue weighted by Gasteiger charge is 2.18. The van der Waals surface area contributed by atoms with Gasteiger partial charge in [0.25, 0.3) is 5.52 Å². The minimum atomic E-state index is 0. The summed E-state index contributed by atoms with van der Waals surface area (Å²) in [4.78, 5) is 2.10. The molecule has 4 heteroatoms. The van der Waals surface area contributed by atoms with Crippen LogP contribution in [0.15, 0.2) is 77.2 Å². The fourth-order valence-corrected chi connectivity index (χ4v) is 3.23. The van der Waals surface area contributed by atoms with Crippen LogP contribution in [-0.4, -0.2) is 14.1 Å². The summed E-state index contributed by atoms with van der Waals surface area (Å²) < 4.78 is 8.22. The van der Waals surface area contributed by atoms with Crippen LogP contribution < -0.4 is 33.4 Å². The number of oxazole rings is 1. The van der Waals surface area contributed by atoms with Crippen molar-refractivity contribution in [3.05, 3.63) is 84.3 Å². The third-order valence-electron chi connectivity index (χ3n) is 4.81. The van der Waals surface area contributed by atoms with Crippen LogP contribution in [0.1, 0.15) is 11.5 Å².